The molecule has 0 aromatic heterocycles. The summed E-state index contributed by atoms with van der Waals surface area (Å²) in [5.41, 5.74) is -0.444. The zero-order chi connectivity index (χ0) is 15.5. The van der Waals surface area contributed by atoms with Crippen LogP contribution in [0, 0.1) is 0 Å². The van der Waals surface area contributed by atoms with Crippen LogP contribution in [0.5, 0.6) is 0 Å². The van der Waals surface area contributed by atoms with Crippen molar-refractivity contribution in [1.29, 1.82) is 0 Å². The van der Waals surface area contributed by atoms with Crippen LogP contribution in [0.4, 0.5) is 4.79 Å². The molecule has 0 radical (unpaired) electrons. The molecule has 0 aliphatic carbocycles. The Hall–Kier alpha value is -0.810. The minimum absolute atomic E-state index is 0.190. The number of likely N-dealkylation sites (tertiary alicyclic amines) is 2. The highest BCUT2D eigenvalue weighted by atomic mass is 16.6. The molecular weight excluding hydrogens is 268 g/mol. The van der Waals surface area contributed by atoms with Crippen LogP contribution in [0.25, 0.3) is 0 Å². The molecule has 0 saturated carbocycles. The van der Waals surface area contributed by atoms with Gasteiger partial charge in [0.2, 0.25) is 0 Å². The summed E-state index contributed by atoms with van der Waals surface area (Å²) in [4.78, 5) is 16.6. The standard InChI is InChI=1S/C16H30N2O3/c1-16(2,3)21-15(20)18-10-5-4-7-13(18)11-17-9-6-8-14(19)12-17/h13-14,19H,4-12H2,1-3H3/t13?,14-/m1/s1. The quantitative estimate of drug-likeness (QED) is 0.849. The molecule has 2 heterocycles. The van der Waals surface area contributed by atoms with Gasteiger partial charge in [0.05, 0.1) is 6.10 Å². The van der Waals surface area contributed by atoms with Crippen LogP contribution in [-0.2, 0) is 4.74 Å². The molecule has 2 saturated heterocycles. The van der Waals surface area contributed by atoms with Gasteiger partial charge in [-0.1, -0.05) is 0 Å². The van der Waals surface area contributed by atoms with Gasteiger partial charge in [-0.3, -0.25) is 4.90 Å². The third kappa shape index (κ3) is 5.15. The zero-order valence-electron chi connectivity index (χ0n) is 13.7. The van der Waals surface area contributed by atoms with Crippen LogP contribution in [0.1, 0.15) is 52.9 Å². The van der Waals surface area contributed by atoms with E-state index < -0.39 is 5.60 Å². The van der Waals surface area contributed by atoms with E-state index in [-0.39, 0.29) is 18.2 Å². The van der Waals surface area contributed by atoms with Crippen LogP contribution in [0.15, 0.2) is 0 Å². The van der Waals surface area contributed by atoms with E-state index in [1.807, 2.05) is 25.7 Å². The Morgan fingerprint density at radius 2 is 1.95 bits per heavy atom. The molecule has 122 valence electrons. The molecule has 1 N–H and O–H groups in total. The number of carbonyl (C=O) groups is 1. The van der Waals surface area contributed by atoms with Gasteiger partial charge in [-0.25, -0.2) is 4.79 Å². The predicted octanol–water partition coefficient (Wildman–Crippen LogP) is 2.23. The summed E-state index contributed by atoms with van der Waals surface area (Å²) in [7, 11) is 0. The third-order valence-electron chi connectivity index (χ3n) is 4.20. The maximum Gasteiger partial charge on any atom is 0.410 e. The van der Waals surface area contributed by atoms with Gasteiger partial charge in [0.15, 0.2) is 0 Å². The number of hydrogen-bond donors (Lipinski definition) is 1. The van der Waals surface area contributed by atoms with Crippen molar-refractivity contribution in [2.75, 3.05) is 26.2 Å². The fraction of sp³-hybridized carbons (Fsp3) is 0.938. The average Bonchev–Trinajstić information content (AvgIpc) is 2.37. The van der Waals surface area contributed by atoms with Crippen molar-refractivity contribution in [1.82, 2.24) is 9.80 Å². The second-order valence-electron chi connectivity index (χ2n) is 7.38. The second-order valence-corrected chi connectivity index (χ2v) is 7.38. The van der Waals surface area contributed by atoms with E-state index in [9.17, 15) is 9.90 Å². The van der Waals surface area contributed by atoms with Crippen molar-refractivity contribution in [2.45, 2.75) is 70.6 Å². The Morgan fingerprint density at radius 3 is 2.62 bits per heavy atom. The van der Waals surface area contributed by atoms with Gasteiger partial charge < -0.3 is 14.7 Å². The monoisotopic (exact) mass is 298 g/mol. The van der Waals surface area contributed by atoms with Gasteiger partial charge in [0, 0.05) is 25.7 Å². The topological polar surface area (TPSA) is 53.0 Å². The van der Waals surface area contributed by atoms with Crippen LogP contribution in [0.2, 0.25) is 0 Å². The minimum atomic E-state index is -0.444. The summed E-state index contributed by atoms with van der Waals surface area (Å²) >= 11 is 0. The van der Waals surface area contributed by atoms with Gasteiger partial charge in [0.25, 0.3) is 0 Å². The molecule has 2 fully saturated rings. The maximum atomic E-state index is 12.4. The second kappa shape index (κ2) is 6.97. The lowest BCUT2D eigenvalue weighted by atomic mass is 10.0. The number of carbonyl (C=O) groups excluding carboxylic acids is 1. The molecule has 2 aliphatic rings. The molecule has 2 atom stereocenters. The van der Waals surface area contributed by atoms with Crippen molar-refractivity contribution < 1.29 is 14.6 Å². The molecule has 0 bridgehead atoms. The van der Waals surface area contributed by atoms with Crippen LogP contribution in [-0.4, -0.2) is 64.9 Å². The number of piperidine rings is 2. The van der Waals surface area contributed by atoms with E-state index in [4.69, 9.17) is 4.74 Å². The van der Waals surface area contributed by atoms with Gasteiger partial charge in [-0.05, 0) is 59.4 Å². The molecule has 0 spiro atoms. The number of aliphatic hydroxyl groups is 1. The first-order valence-corrected chi connectivity index (χ1v) is 8.25. The molecule has 0 aromatic carbocycles. The molecule has 2 aliphatic heterocycles. The number of β-amino-alcohol motifs (C(OH)–C–C–N with tert-alkyl or cyclic N) is 1. The van der Waals surface area contributed by atoms with E-state index >= 15 is 0 Å². The van der Waals surface area contributed by atoms with Crippen molar-refractivity contribution >= 4 is 6.09 Å². The molecule has 1 unspecified atom stereocenters. The zero-order valence-corrected chi connectivity index (χ0v) is 13.7. The van der Waals surface area contributed by atoms with E-state index in [1.165, 1.54) is 6.42 Å². The molecule has 1 amide bonds. The maximum absolute atomic E-state index is 12.4. The Balaban J connectivity index is 1.93. The van der Waals surface area contributed by atoms with E-state index in [1.54, 1.807) is 0 Å². The summed E-state index contributed by atoms with van der Waals surface area (Å²) in [5.74, 6) is 0. The predicted molar refractivity (Wildman–Crippen MR) is 82.3 cm³/mol. The number of aliphatic hydroxyl groups excluding tert-OH is 1. The first kappa shape index (κ1) is 16.6. The summed E-state index contributed by atoms with van der Waals surface area (Å²) < 4.78 is 5.54. The molecule has 2 rings (SSSR count). The molecule has 5 nitrogen and oxygen atoms in total. The average molecular weight is 298 g/mol. The van der Waals surface area contributed by atoms with Crippen LogP contribution < -0.4 is 0 Å². The lowest BCUT2D eigenvalue weighted by Gasteiger charge is -2.40. The molecular formula is C16H30N2O3. The van der Waals surface area contributed by atoms with E-state index in [0.29, 0.717) is 0 Å². The van der Waals surface area contributed by atoms with Gasteiger partial charge >= 0.3 is 6.09 Å². The summed E-state index contributed by atoms with van der Waals surface area (Å²) in [6.07, 6.45) is 4.80. The summed E-state index contributed by atoms with van der Waals surface area (Å²) in [6.45, 7) is 9.13. The first-order valence-electron chi connectivity index (χ1n) is 8.25. The number of hydrogen-bond acceptors (Lipinski definition) is 4. The Bertz CT molecular complexity index is 354. The molecule has 21 heavy (non-hydrogen) atoms. The highest BCUT2D eigenvalue weighted by molar-refractivity contribution is 5.68. The number of rotatable bonds is 2. The Kier molecular flexibility index (Phi) is 5.49. The first-order chi connectivity index (χ1) is 9.85. The summed E-state index contributed by atoms with van der Waals surface area (Å²) in [5, 5.41) is 9.79. The minimum Gasteiger partial charge on any atom is -0.444 e. The largest absolute Gasteiger partial charge is 0.444 e. The highest BCUT2D eigenvalue weighted by Gasteiger charge is 2.32. The Labute approximate surface area is 128 Å². The fourth-order valence-electron chi connectivity index (χ4n) is 3.25. The molecule has 5 heteroatoms. The SMILES string of the molecule is CC(C)(C)OC(=O)N1CCCCC1CN1CCC[C@@H](O)C1. The normalized spacial score (nSPS) is 28.5. The number of nitrogens with zero attached hydrogens (tertiary/aromatic N) is 2. The van der Waals surface area contributed by atoms with Crippen molar-refractivity contribution in [3.05, 3.63) is 0 Å². The molecule has 0 aromatic rings. The van der Waals surface area contributed by atoms with E-state index in [2.05, 4.69) is 4.90 Å². The van der Waals surface area contributed by atoms with Crippen molar-refractivity contribution in [2.24, 2.45) is 0 Å². The third-order valence-corrected chi connectivity index (χ3v) is 4.20. The van der Waals surface area contributed by atoms with Gasteiger partial charge in [0.1, 0.15) is 5.60 Å². The van der Waals surface area contributed by atoms with Crippen molar-refractivity contribution in [3.63, 3.8) is 0 Å². The van der Waals surface area contributed by atoms with Crippen LogP contribution in [0.3, 0.4) is 0 Å². The van der Waals surface area contributed by atoms with Crippen LogP contribution >= 0.6 is 0 Å². The summed E-state index contributed by atoms with van der Waals surface area (Å²) in [6, 6.07) is 0.221. The van der Waals surface area contributed by atoms with Gasteiger partial charge in [-0.2, -0.15) is 0 Å². The number of ether oxygens (including phenoxy) is 1. The number of amides is 1. The van der Waals surface area contributed by atoms with Crippen molar-refractivity contribution in [3.8, 4) is 0 Å². The Morgan fingerprint density at radius 1 is 1.19 bits per heavy atom. The highest BCUT2D eigenvalue weighted by Crippen LogP contribution is 2.22. The fourth-order valence-corrected chi connectivity index (χ4v) is 3.25. The lowest BCUT2D eigenvalue weighted by molar-refractivity contribution is -0.000889. The van der Waals surface area contributed by atoms with E-state index in [0.717, 1.165) is 51.9 Å². The lowest BCUT2D eigenvalue weighted by Crippen LogP contribution is -2.52. The van der Waals surface area contributed by atoms with Gasteiger partial charge in [-0.15, -0.1) is 0 Å². The smallest absolute Gasteiger partial charge is 0.410 e.